The fourth-order valence-corrected chi connectivity index (χ4v) is 1.05. The molecular weight excluding hydrogens is 144 g/mol. The van der Waals surface area contributed by atoms with Crippen molar-refractivity contribution >= 4 is 10.5 Å². The molecular formula is C7H16O2Si. The second kappa shape index (κ2) is 3.03. The Morgan fingerprint density at radius 1 is 1.70 bits per heavy atom. The van der Waals surface area contributed by atoms with Gasteiger partial charge in [-0.05, 0) is 26.7 Å². The van der Waals surface area contributed by atoms with Crippen molar-refractivity contribution < 1.29 is 9.16 Å². The second-order valence-electron chi connectivity index (χ2n) is 3.46. The van der Waals surface area contributed by atoms with E-state index in [2.05, 4.69) is 13.8 Å². The Morgan fingerprint density at radius 3 is 2.70 bits per heavy atom. The fraction of sp³-hybridized carbons (Fsp3) is 1.00. The molecule has 1 heterocycles. The lowest BCUT2D eigenvalue weighted by atomic mass is 10.0. The van der Waals surface area contributed by atoms with E-state index in [9.17, 15) is 0 Å². The number of hydrogen-bond acceptors (Lipinski definition) is 2. The zero-order valence-corrected chi connectivity index (χ0v) is 9.02. The van der Waals surface area contributed by atoms with Gasteiger partial charge in [0.25, 0.3) is 0 Å². The van der Waals surface area contributed by atoms with Gasteiger partial charge in [-0.25, -0.2) is 0 Å². The molecule has 1 aliphatic heterocycles. The molecule has 0 spiro atoms. The molecule has 0 saturated carbocycles. The Hall–Kier alpha value is 0.137. The molecule has 60 valence electrons. The first-order valence-electron chi connectivity index (χ1n) is 3.81. The third-order valence-electron chi connectivity index (χ3n) is 2.02. The molecule has 0 aliphatic carbocycles. The summed E-state index contributed by atoms with van der Waals surface area (Å²) in [5.74, 6) is 0. The van der Waals surface area contributed by atoms with Gasteiger partial charge in [0.15, 0.2) is 0 Å². The van der Waals surface area contributed by atoms with Crippen LogP contribution in [0.15, 0.2) is 0 Å². The van der Waals surface area contributed by atoms with Gasteiger partial charge in [0.1, 0.15) is 10.5 Å². The van der Waals surface area contributed by atoms with Crippen LogP contribution in [0.1, 0.15) is 26.7 Å². The zero-order valence-electron chi connectivity index (χ0n) is 7.02. The van der Waals surface area contributed by atoms with Gasteiger partial charge in [0, 0.05) is 5.60 Å². The fourth-order valence-electron chi connectivity index (χ4n) is 0.845. The summed E-state index contributed by atoms with van der Waals surface area (Å²) in [5, 5.41) is 0. The van der Waals surface area contributed by atoms with Gasteiger partial charge in [-0.15, -0.1) is 0 Å². The van der Waals surface area contributed by atoms with E-state index in [1.165, 1.54) is 0 Å². The predicted molar refractivity (Wildman–Crippen MR) is 44.1 cm³/mol. The molecule has 2 nitrogen and oxygen atoms in total. The molecule has 0 aromatic rings. The summed E-state index contributed by atoms with van der Waals surface area (Å²) in [4.78, 5) is 0. The topological polar surface area (TPSA) is 21.8 Å². The standard InChI is InChI=1S/C7H16O2Si/c1-7(2,9-10)4-3-6-5-8-6/h6H,3-5H2,1-2,10H3. The Morgan fingerprint density at radius 2 is 2.30 bits per heavy atom. The van der Waals surface area contributed by atoms with Gasteiger partial charge in [0.05, 0.1) is 12.7 Å². The highest BCUT2D eigenvalue weighted by Gasteiger charge is 2.25. The van der Waals surface area contributed by atoms with Crippen LogP contribution in [0.4, 0.5) is 0 Å². The first-order valence-corrected chi connectivity index (χ1v) is 4.62. The van der Waals surface area contributed by atoms with E-state index < -0.39 is 0 Å². The molecule has 0 aromatic heterocycles. The van der Waals surface area contributed by atoms with E-state index in [1.54, 1.807) is 0 Å². The third-order valence-corrected chi connectivity index (χ3v) is 3.13. The van der Waals surface area contributed by atoms with E-state index in [1.807, 2.05) is 0 Å². The molecule has 0 N–H and O–H groups in total. The van der Waals surface area contributed by atoms with Crippen molar-refractivity contribution in [2.45, 2.75) is 38.4 Å². The normalized spacial score (nSPS) is 25.2. The number of epoxide rings is 1. The van der Waals surface area contributed by atoms with Crippen molar-refractivity contribution in [3.05, 3.63) is 0 Å². The van der Waals surface area contributed by atoms with E-state index in [0.717, 1.165) is 29.9 Å². The third kappa shape index (κ3) is 2.81. The number of ether oxygens (including phenoxy) is 1. The maximum atomic E-state index is 5.40. The lowest BCUT2D eigenvalue weighted by Gasteiger charge is -2.22. The Labute approximate surface area is 65.4 Å². The molecule has 0 radical (unpaired) electrons. The molecule has 1 saturated heterocycles. The largest absolute Gasteiger partial charge is 0.423 e. The SMILES string of the molecule is CC(C)(CCC1CO1)O[SiH3]. The van der Waals surface area contributed by atoms with Crippen LogP contribution in [0.2, 0.25) is 0 Å². The molecule has 1 aliphatic rings. The van der Waals surface area contributed by atoms with Gasteiger partial charge >= 0.3 is 0 Å². The molecule has 1 unspecified atom stereocenters. The van der Waals surface area contributed by atoms with Crippen LogP contribution < -0.4 is 0 Å². The first-order chi connectivity index (χ1) is 4.64. The molecule has 10 heavy (non-hydrogen) atoms. The number of rotatable bonds is 4. The quantitative estimate of drug-likeness (QED) is 0.434. The van der Waals surface area contributed by atoms with Crippen molar-refractivity contribution in [2.24, 2.45) is 0 Å². The smallest absolute Gasteiger partial charge is 0.146 e. The zero-order chi connectivity index (χ0) is 7.61. The van der Waals surface area contributed by atoms with Crippen LogP contribution in [-0.4, -0.2) is 28.8 Å². The van der Waals surface area contributed by atoms with Gasteiger partial charge in [-0.2, -0.15) is 0 Å². The van der Waals surface area contributed by atoms with Gasteiger partial charge in [-0.1, -0.05) is 0 Å². The minimum absolute atomic E-state index is 0.0954. The van der Waals surface area contributed by atoms with Crippen LogP contribution in [0.5, 0.6) is 0 Å². The average Bonchev–Trinajstić information content (AvgIpc) is 2.66. The molecule has 1 atom stereocenters. The molecule has 0 aromatic carbocycles. The maximum Gasteiger partial charge on any atom is 0.146 e. The predicted octanol–water partition coefficient (Wildman–Crippen LogP) is 0.241. The van der Waals surface area contributed by atoms with Crippen LogP contribution in [0.25, 0.3) is 0 Å². The van der Waals surface area contributed by atoms with E-state index >= 15 is 0 Å². The Balaban J connectivity index is 2.09. The van der Waals surface area contributed by atoms with Crippen LogP contribution in [0, 0.1) is 0 Å². The number of hydrogen-bond donors (Lipinski definition) is 0. The van der Waals surface area contributed by atoms with Crippen molar-refractivity contribution in [3.63, 3.8) is 0 Å². The summed E-state index contributed by atoms with van der Waals surface area (Å²) in [7, 11) is 0.837. The summed E-state index contributed by atoms with van der Waals surface area (Å²) < 4.78 is 10.5. The van der Waals surface area contributed by atoms with Crippen molar-refractivity contribution in [1.82, 2.24) is 0 Å². The maximum absolute atomic E-state index is 5.40. The van der Waals surface area contributed by atoms with E-state index in [-0.39, 0.29) is 5.60 Å². The molecule has 1 rings (SSSR count). The van der Waals surface area contributed by atoms with Crippen LogP contribution >= 0.6 is 0 Å². The average molecular weight is 160 g/mol. The summed E-state index contributed by atoms with van der Waals surface area (Å²) in [6, 6.07) is 0. The summed E-state index contributed by atoms with van der Waals surface area (Å²) >= 11 is 0. The molecule has 0 bridgehead atoms. The summed E-state index contributed by atoms with van der Waals surface area (Å²) in [5.41, 5.74) is 0.0954. The highest BCUT2D eigenvalue weighted by atomic mass is 28.2. The Bertz CT molecular complexity index is 110. The van der Waals surface area contributed by atoms with Gasteiger partial charge in [-0.3, -0.25) is 0 Å². The van der Waals surface area contributed by atoms with Crippen molar-refractivity contribution in [2.75, 3.05) is 6.61 Å². The monoisotopic (exact) mass is 160 g/mol. The molecule has 1 fully saturated rings. The highest BCUT2D eigenvalue weighted by molar-refractivity contribution is 5.98. The van der Waals surface area contributed by atoms with E-state index in [4.69, 9.17) is 9.16 Å². The van der Waals surface area contributed by atoms with Gasteiger partial charge < -0.3 is 9.16 Å². The lowest BCUT2D eigenvalue weighted by Crippen LogP contribution is -2.23. The first kappa shape index (κ1) is 8.24. The molecule has 0 amide bonds. The van der Waals surface area contributed by atoms with Crippen LogP contribution in [0.3, 0.4) is 0 Å². The van der Waals surface area contributed by atoms with Gasteiger partial charge in [0.2, 0.25) is 0 Å². The lowest BCUT2D eigenvalue weighted by molar-refractivity contribution is 0.107. The summed E-state index contributed by atoms with van der Waals surface area (Å²) in [6.07, 6.45) is 2.84. The van der Waals surface area contributed by atoms with Crippen molar-refractivity contribution in [1.29, 1.82) is 0 Å². The highest BCUT2D eigenvalue weighted by Crippen LogP contribution is 2.22. The van der Waals surface area contributed by atoms with Crippen LogP contribution in [-0.2, 0) is 9.16 Å². The Kier molecular flexibility index (Phi) is 2.49. The molecule has 3 heteroatoms. The van der Waals surface area contributed by atoms with E-state index in [0.29, 0.717) is 6.10 Å². The minimum atomic E-state index is 0.0954. The summed E-state index contributed by atoms with van der Waals surface area (Å²) in [6.45, 7) is 5.25. The second-order valence-corrected chi connectivity index (χ2v) is 3.87. The van der Waals surface area contributed by atoms with Crippen molar-refractivity contribution in [3.8, 4) is 0 Å². The minimum Gasteiger partial charge on any atom is -0.423 e.